The average molecular weight is 493 g/mol. The first-order valence-corrected chi connectivity index (χ1v) is 13.5. The van der Waals surface area contributed by atoms with Crippen LogP contribution in [0.2, 0.25) is 0 Å². The van der Waals surface area contributed by atoms with Crippen LogP contribution < -0.4 is 14.4 Å². The number of fused-ring (bicyclic) bond motifs is 1. The highest BCUT2D eigenvalue weighted by atomic mass is 32.2. The smallest absolute Gasteiger partial charge is 0.264 e. The maximum atomic E-state index is 13.6. The number of nitrogens with zero attached hydrogens (tertiary/aromatic N) is 1. The van der Waals surface area contributed by atoms with Crippen LogP contribution in [-0.4, -0.2) is 27.5 Å². The van der Waals surface area contributed by atoms with Crippen LogP contribution in [0.25, 0.3) is 0 Å². The number of ether oxygens (including phenoxy) is 1. The van der Waals surface area contributed by atoms with Crippen LogP contribution in [0.4, 0.5) is 5.69 Å². The van der Waals surface area contributed by atoms with Crippen molar-refractivity contribution in [2.75, 3.05) is 17.5 Å². The van der Waals surface area contributed by atoms with Gasteiger partial charge in [-0.25, -0.2) is 8.42 Å². The van der Waals surface area contributed by atoms with Crippen molar-refractivity contribution in [2.45, 2.75) is 51.0 Å². The van der Waals surface area contributed by atoms with Crippen molar-refractivity contribution < 1.29 is 17.9 Å². The summed E-state index contributed by atoms with van der Waals surface area (Å²) < 4.78 is 33.8. The molecule has 4 rings (SSSR count). The van der Waals surface area contributed by atoms with Gasteiger partial charge < -0.3 is 10.1 Å². The Morgan fingerprint density at radius 3 is 2.37 bits per heavy atom. The van der Waals surface area contributed by atoms with Crippen LogP contribution in [0.15, 0.2) is 71.6 Å². The fraction of sp³-hybridized carbons (Fsp3) is 0.321. The predicted molar refractivity (Wildman–Crippen MR) is 138 cm³/mol. The van der Waals surface area contributed by atoms with Gasteiger partial charge in [0, 0.05) is 0 Å². The van der Waals surface area contributed by atoms with Crippen LogP contribution in [-0.2, 0) is 27.7 Å². The van der Waals surface area contributed by atoms with Gasteiger partial charge in [0.05, 0.1) is 23.2 Å². The first-order chi connectivity index (χ1) is 16.8. The summed E-state index contributed by atoms with van der Waals surface area (Å²) in [5, 5.41) is 2.98. The molecule has 1 aliphatic carbocycles. The summed E-state index contributed by atoms with van der Waals surface area (Å²) in [7, 11) is -3.97. The van der Waals surface area contributed by atoms with E-state index in [1.807, 2.05) is 26.8 Å². The van der Waals surface area contributed by atoms with Gasteiger partial charge in [0.25, 0.3) is 10.0 Å². The first-order valence-electron chi connectivity index (χ1n) is 12.0. The van der Waals surface area contributed by atoms with Gasteiger partial charge >= 0.3 is 0 Å². The minimum atomic E-state index is -3.97. The summed E-state index contributed by atoms with van der Waals surface area (Å²) in [6.07, 6.45) is 3.32. The van der Waals surface area contributed by atoms with E-state index in [1.165, 1.54) is 11.1 Å². The second-order valence-electron chi connectivity index (χ2n) is 8.92. The summed E-state index contributed by atoms with van der Waals surface area (Å²) in [5.74, 6) is 0.265. The molecule has 7 heteroatoms. The van der Waals surface area contributed by atoms with Crippen molar-refractivity contribution >= 4 is 21.6 Å². The second-order valence-corrected chi connectivity index (χ2v) is 10.8. The molecule has 3 aromatic rings. The molecule has 0 unspecified atom stereocenters. The van der Waals surface area contributed by atoms with Gasteiger partial charge in [0.2, 0.25) is 5.91 Å². The highest BCUT2D eigenvalue weighted by Gasteiger charge is 2.28. The molecule has 0 saturated carbocycles. The molecular weight excluding hydrogens is 460 g/mol. The Morgan fingerprint density at radius 1 is 1.00 bits per heavy atom. The molecule has 0 heterocycles. The number of carbonyl (C=O) groups is 1. The van der Waals surface area contributed by atoms with Crippen molar-refractivity contribution in [1.82, 2.24) is 5.32 Å². The molecule has 3 aromatic carbocycles. The molecule has 0 aliphatic heterocycles. The van der Waals surface area contributed by atoms with Crippen molar-refractivity contribution in [2.24, 2.45) is 0 Å². The molecule has 1 aliphatic rings. The highest BCUT2D eigenvalue weighted by molar-refractivity contribution is 7.92. The Balaban J connectivity index is 1.58. The molecule has 0 fully saturated rings. The van der Waals surface area contributed by atoms with Gasteiger partial charge in [-0.15, -0.1) is 0 Å². The number of aryl methyl sites for hydroxylation is 3. The Kier molecular flexibility index (Phi) is 7.45. The number of hydrogen-bond acceptors (Lipinski definition) is 4. The summed E-state index contributed by atoms with van der Waals surface area (Å²) in [5.41, 5.74) is 5.08. The third-order valence-electron chi connectivity index (χ3n) is 6.33. The molecule has 1 N–H and O–H groups in total. The number of anilines is 1. The molecule has 1 atom stereocenters. The summed E-state index contributed by atoms with van der Waals surface area (Å²) in [4.78, 5) is 13.2. The lowest BCUT2D eigenvalue weighted by molar-refractivity contribution is -0.120. The SMILES string of the molecule is CCOc1ccc(N(CC(=O)N[C@@H](C)c2ccc3c(c2)CCC3)S(=O)(=O)c2ccc(C)cc2)cc1. The quantitative estimate of drug-likeness (QED) is 0.458. The van der Waals surface area contributed by atoms with E-state index in [0.717, 1.165) is 34.7 Å². The topological polar surface area (TPSA) is 75.7 Å². The Labute approximate surface area is 208 Å². The Morgan fingerprint density at radius 2 is 1.69 bits per heavy atom. The molecular formula is C28H32N2O4S. The minimum Gasteiger partial charge on any atom is -0.494 e. The number of carbonyl (C=O) groups excluding carboxylic acids is 1. The highest BCUT2D eigenvalue weighted by Crippen LogP contribution is 2.27. The molecule has 0 bridgehead atoms. The molecule has 0 spiro atoms. The van der Waals surface area contributed by atoms with E-state index in [2.05, 4.69) is 17.4 Å². The van der Waals surface area contributed by atoms with Crippen molar-refractivity contribution in [3.63, 3.8) is 0 Å². The van der Waals surface area contributed by atoms with Crippen molar-refractivity contribution in [3.8, 4) is 5.75 Å². The van der Waals surface area contributed by atoms with Gasteiger partial charge in [0.15, 0.2) is 0 Å². The van der Waals surface area contributed by atoms with E-state index >= 15 is 0 Å². The zero-order valence-corrected chi connectivity index (χ0v) is 21.3. The predicted octanol–water partition coefficient (Wildman–Crippen LogP) is 4.96. The zero-order chi connectivity index (χ0) is 25.0. The maximum Gasteiger partial charge on any atom is 0.264 e. The third kappa shape index (κ3) is 5.68. The van der Waals surface area contributed by atoms with Gasteiger partial charge in [0.1, 0.15) is 12.3 Å². The third-order valence-corrected chi connectivity index (χ3v) is 8.12. The minimum absolute atomic E-state index is 0.136. The zero-order valence-electron chi connectivity index (χ0n) is 20.5. The van der Waals surface area contributed by atoms with E-state index in [-0.39, 0.29) is 23.4 Å². The largest absolute Gasteiger partial charge is 0.494 e. The molecule has 1 amide bonds. The van der Waals surface area contributed by atoms with Crippen LogP contribution in [0.5, 0.6) is 5.75 Å². The van der Waals surface area contributed by atoms with E-state index in [0.29, 0.717) is 18.0 Å². The van der Waals surface area contributed by atoms with E-state index in [4.69, 9.17) is 4.74 Å². The van der Waals surface area contributed by atoms with Gasteiger partial charge in [-0.2, -0.15) is 0 Å². The molecule has 6 nitrogen and oxygen atoms in total. The maximum absolute atomic E-state index is 13.6. The van der Waals surface area contributed by atoms with Crippen LogP contribution >= 0.6 is 0 Å². The van der Waals surface area contributed by atoms with Crippen LogP contribution in [0.3, 0.4) is 0 Å². The van der Waals surface area contributed by atoms with Crippen LogP contribution in [0.1, 0.15) is 48.6 Å². The number of benzene rings is 3. The summed E-state index contributed by atoms with van der Waals surface area (Å²) in [6, 6.07) is 19.5. The average Bonchev–Trinajstić information content (AvgIpc) is 3.31. The lowest BCUT2D eigenvalue weighted by atomic mass is 10.0. The molecule has 0 saturated heterocycles. The number of nitrogens with one attached hydrogen (secondary N) is 1. The van der Waals surface area contributed by atoms with E-state index in [1.54, 1.807) is 48.5 Å². The first kappa shape index (κ1) is 24.8. The molecule has 35 heavy (non-hydrogen) atoms. The van der Waals surface area contributed by atoms with Gasteiger partial charge in [-0.05, 0) is 93.1 Å². The number of sulfonamides is 1. The normalized spacial score (nSPS) is 13.7. The fourth-order valence-corrected chi connectivity index (χ4v) is 5.81. The standard InChI is InChI=1S/C28H32N2O4S/c1-4-34-26-14-12-25(13-15-26)30(35(32,33)27-16-8-20(2)9-17-27)19-28(31)29-21(3)23-11-10-22-6-5-7-24(22)18-23/h8-18,21H,4-7,19H2,1-3H3,(H,29,31)/t21-/m0/s1. The van der Waals surface area contributed by atoms with Crippen LogP contribution in [0, 0.1) is 6.92 Å². The molecule has 184 valence electrons. The van der Waals surface area contributed by atoms with E-state index in [9.17, 15) is 13.2 Å². The number of rotatable bonds is 9. The van der Waals surface area contributed by atoms with Gasteiger partial charge in [-0.1, -0.05) is 35.9 Å². The lowest BCUT2D eigenvalue weighted by Gasteiger charge is -2.25. The summed E-state index contributed by atoms with van der Waals surface area (Å²) in [6.45, 7) is 5.88. The Hall–Kier alpha value is -3.32. The Bertz CT molecular complexity index is 1290. The van der Waals surface area contributed by atoms with Gasteiger partial charge in [-0.3, -0.25) is 9.10 Å². The van der Waals surface area contributed by atoms with Crippen molar-refractivity contribution in [1.29, 1.82) is 0 Å². The number of hydrogen-bond donors (Lipinski definition) is 1. The van der Waals surface area contributed by atoms with Crippen molar-refractivity contribution in [3.05, 3.63) is 89.0 Å². The summed E-state index contributed by atoms with van der Waals surface area (Å²) >= 11 is 0. The monoisotopic (exact) mass is 492 g/mol. The molecule has 0 radical (unpaired) electrons. The number of amides is 1. The fourth-order valence-electron chi connectivity index (χ4n) is 4.39. The second kappa shape index (κ2) is 10.5. The molecule has 0 aromatic heterocycles. The lowest BCUT2D eigenvalue weighted by Crippen LogP contribution is -2.41. The van der Waals surface area contributed by atoms with E-state index < -0.39 is 10.0 Å².